The molecule has 3 nitrogen and oxygen atoms in total. The van der Waals surface area contributed by atoms with Crippen LogP contribution in [0.5, 0.6) is 0 Å². The first-order valence-corrected chi connectivity index (χ1v) is 6.06. The predicted octanol–water partition coefficient (Wildman–Crippen LogP) is 2.84. The minimum absolute atomic E-state index is 0.346. The maximum atomic E-state index is 4.22. The maximum absolute atomic E-state index is 4.22. The molecule has 2 rings (SSSR count). The first kappa shape index (κ1) is 11.2. The van der Waals surface area contributed by atoms with E-state index in [1.165, 1.54) is 10.5 Å². The van der Waals surface area contributed by atoms with E-state index in [0.29, 0.717) is 6.04 Å². The molecular formula is C12H15N3S. The molecule has 0 amide bonds. The van der Waals surface area contributed by atoms with E-state index in [4.69, 9.17) is 0 Å². The van der Waals surface area contributed by atoms with E-state index in [1.807, 2.05) is 13.2 Å². The van der Waals surface area contributed by atoms with Crippen LogP contribution in [0.4, 0.5) is 0 Å². The van der Waals surface area contributed by atoms with E-state index < -0.39 is 0 Å². The summed E-state index contributed by atoms with van der Waals surface area (Å²) in [6, 6.07) is 8.73. The van der Waals surface area contributed by atoms with Gasteiger partial charge in [0.25, 0.3) is 0 Å². The third-order valence-electron chi connectivity index (χ3n) is 2.50. The third kappa shape index (κ3) is 2.46. The summed E-state index contributed by atoms with van der Waals surface area (Å²) in [4.78, 5) is 8.56. The van der Waals surface area contributed by atoms with E-state index in [9.17, 15) is 0 Å². The van der Waals surface area contributed by atoms with E-state index in [1.54, 1.807) is 18.0 Å². The van der Waals surface area contributed by atoms with Gasteiger partial charge in [-0.15, -0.1) is 0 Å². The standard InChI is InChI=1S/C12H15N3S/c1-9(13-2)10-5-3-4-6-11(10)16-12-14-7-8-15-12/h3-9,13H,1-2H3,(H,14,15). The normalized spacial score (nSPS) is 12.6. The fourth-order valence-corrected chi connectivity index (χ4v) is 2.46. The van der Waals surface area contributed by atoms with Crippen molar-refractivity contribution in [3.05, 3.63) is 42.2 Å². The summed E-state index contributed by atoms with van der Waals surface area (Å²) < 4.78 is 0. The SMILES string of the molecule is CNC(C)c1ccccc1Sc1ncc[nH]1. The van der Waals surface area contributed by atoms with Crippen LogP contribution in [-0.2, 0) is 0 Å². The van der Waals surface area contributed by atoms with Gasteiger partial charge in [-0.3, -0.25) is 0 Å². The van der Waals surface area contributed by atoms with Crippen molar-refractivity contribution >= 4 is 11.8 Å². The number of H-pyrrole nitrogens is 1. The fraction of sp³-hybridized carbons (Fsp3) is 0.250. The van der Waals surface area contributed by atoms with E-state index in [2.05, 4.69) is 46.5 Å². The van der Waals surface area contributed by atoms with Crippen molar-refractivity contribution < 1.29 is 0 Å². The van der Waals surface area contributed by atoms with Crippen molar-refractivity contribution in [2.45, 2.75) is 23.0 Å². The summed E-state index contributed by atoms with van der Waals surface area (Å²) in [5.74, 6) is 0. The number of aromatic amines is 1. The molecule has 1 aromatic carbocycles. The van der Waals surface area contributed by atoms with Gasteiger partial charge in [0.15, 0.2) is 5.16 Å². The molecule has 0 fully saturated rings. The summed E-state index contributed by atoms with van der Waals surface area (Å²) in [7, 11) is 1.97. The molecule has 0 bridgehead atoms. The van der Waals surface area contributed by atoms with Gasteiger partial charge < -0.3 is 10.3 Å². The Bertz CT molecular complexity index is 439. The summed E-state index contributed by atoms with van der Waals surface area (Å²) in [5.41, 5.74) is 1.30. The smallest absolute Gasteiger partial charge is 0.170 e. The molecule has 1 unspecified atom stereocenters. The Balaban J connectivity index is 2.26. The number of nitrogens with one attached hydrogen (secondary N) is 2. The Morgan fingerprint density at radius 3 is 2.88 bits per heavy atom. The van der Waals surface area contributed by atoms with Crippen molar-refractivity contribution in [1.82, 2.24) is 15.3 Å². The van der Waals surface area contributed by atoms with Gasteiger partial charge in [-0.2, -0.15) is 0 Å². The Morgan fingerprint density at radius 1 is 1.38 bits per heavy atom. The lowest BCUT2D eigenvalue weighted by molar-refractivity contribution is 0.641. The van der Waals surface area contributed by atoms with E-state index in [0.717, 1.165) is 5.16 Å². The zero-order chi connectivity index (χ0) is 11.4. The molecular weight excluding hydrogens is 218 g/mol. The molecule has 0 aliphatic carbocycles. The van der Waals surface area contributed by atoms with Crippen molar-refractivity contribution in [2.24, 2.45) is 0 Å². The fourth-order valence-electron chi connectivity index (χ4n) is 1.50. The first-order valence-electron chi connectivity index (χ1n) is 5.24. The topological polar surface area (TPSA) is 40.7 Å². The van der Waals surface area contributed by atoms with Crippen molar-refractivity contribution in [1.29, 1.82) is 0 Å². The van der Waals surface area contributed by atoms with Crippen molar-refractivity contribution in [2.75, 3.05) is 7.05 Å². The number of hydrogen-bond acceptors (Lipinski definition) is 3. The predicted molar refractivity (Wildman–Crippen MR) is 66.6 cm³/mol. The van der Waals surface area contributed by atoms with E-state index >= 15 is 0 Å². The Kier molecular flexibility index (Phi) is 3.64. The average molecular weight is 233 g/mol. The Hall–Kier alpha value is -1.26. The largest absolute Gasteiger partial charge is 0.339 e. The molecule has 0 spiro atoms. The molecule has 0 saturated heterocycles. The van der Waals surface area contributed by atoms with Gasteiger partial charge >= 0.3 is 0 Å². The second-order valence-corrected chi connectivity index (χ2v) is 4.58. The molecule has 0 saturated carbocycles. The molecule has 2 N–H and O–H groups in total. The average Bonchev–Trinajstić information content (AvgIpc) is 2.82. The first-order chi connectivity index (χ1) is 7.81. The lowest BCUT2D eigenvalue weighted by Crippen LogP contribution is -2.13. The van der Waals surface area contributed by atoms with Crippen LogP contribution in [0.25, 0.3) is 0 Å². The van der Waals surface area contributed by atoms with Crippen LogP contribution in [0.1, 0.15) is 18.5 Å². The van der Waals surface area contributed by atoms with Gasteiger partial charge in [0.05, 0.1) is 0 Å². The van der Waals surface area contributed by atoms with E-state index in [-0.39, 0.29) is 0 Å². The lowest BCUT2D eigenvalue weighted by Gasteiger charge is -2.14. The molecule has 1 atom stereocenters. The number of hydrogen-bond donors (Lipinski definition) is 2. The third-order valence-corrected chi connectivity index (χ3v) is 3.51. The second-order valence-electron chi connectivity index (χ2n) is 3.54. The summed E-state index contributed by atoms with van der Waals surface area (Å²) in [6.07, 6.45) is 3.61. The summed E-state index contributed by atoms with van der Waals surface area (Å²) in [6.45, 7) is 2.15. The monoisotopic (exact) mass is 233 g/mol. The number of imidazole rings is 1. The number of aromatic nitrogens is 2. The highest BCUT2D eigenvalue weighted by atomic mass is 32.2. The van der Waals surface area contributed by atoms with Gasteiger partial charge in [-0.25, -0.2) is 4.98 Å². The maximum Gasteiger partial charge on any atom is 0.170 e. The van der Waals surface area contributed by atoms with Gasteiger partial charge in [0, 0.05) is 23.3 Å². The molecule has 0 aliphatic rings. The minimum Gasteiger partial charge on any atom is -0.339 e. The van der Waals surface area contributed by atoms with Crippen LogP contribution in [0.15, 0.2) is 46.7 Å². The second kappa shape index (κ2) is 5.18. The quantitative estimate of drug-likeness (QED) is 0.853. The van der Waals surface area contributed by atoms with Crippen LogP contribution in [-0.4, -0.2) is 17.0 Å². The van der Waals surface area contributed by atoms with Gasteiger partial charge in [-0.05, 0) is 25.6 Å². The van der Waals surface area contributed by atoms with Gasteiger partial charge in [0.1, 0.15) is 0 Å². The van der Waals surface area contributed by atoms with Crippen molar-refractivity contribution in [3.8, 4) is 0 Å². The Labute approximate surface area is 99.7 Å². The summed E-state index contributed by atoms with van der Waals surface area (Å²) >= 11 is 1.66. The van der Waals surface area contributed by atoms with Crippen LogP contribution < -0.4 is 5.32 Å². The molecule has 16 heavy (non-hydrogen) atoms. The van der Waals surface area contributed by atoms with Crippen LogP contribution in [0.3, 0.4) is 0 Å². The molecule has 1 heterocycles. The molecule has 4 heteroatoms. The number of benzene rings is 1. The highest BCUT2D eigenvalue weighted by molar-refractivity contribution is 7.99. The highest BCUT2D eigenvalue weighted by Crippen LogP contribution is 2.30. The molecule has 0 aliphatic heterocycles. The van der Waals surface area contributed by atoms with Gasteiger partial charge in [0.2, 0.25) is 0 Å². The minimum atomic E-state index is 0.346. The molecule has 1 aromatic heterocycles. The van der Waals surface area contributed by atoms with Crippen LogP contribution in [0.2, 0.25) is 0 Å². The van der Waals surface area contributed by atoms with Crippen LogP contribution >= 0.6 is 11.8 Å². The van der Waals surface area contributed by atoms with Crippen LogP contribution in [0, 0.1) is 0 Å². The molecule has 0 radical (unpaired) electrons. The molecule has 2 aromatic rings. The Morgan fingerprint density at radius 2 is 2.19 bits per heavy atom. The lowest BCUT2D eigenvalue weighted by atomic mass is 10.1. The number of rotatable bonds is 4. The zero-order valence-corrected chi connectivity index (χ0v) is 10.2. The zero-order valence-electron chi connectivity index (χ0n) is 9.40. The molecule has 84 valence electrons. The summed E-state index contributed by atoms with van der Waals surface area (Å²) in [5, 5.41) is 4.18. The van der Waals surface area contributed by atoms with Gasteiger partial charge in [-0.1, -0.05) is 30.0 Å². The highest BCUT2D eigenvalue weighted by Gasteiger charge is 2.09. The van der Waals surface area contributed by atoms with Crippen molar-refractivity contribution in [3.63, 3.8) is 0 Å². The number of nitrogens with zero attached hydrogens (tertiary/aromatic N) is 1.